The van der Waals surface area contributed by atoms with Gasteiger partial charge in [-0.15, -0.1) is 0 Å². The highest BCUT2D eigenvalue weighted by Crippen LogP contribution is 2.27. The Hall–Kier alpha value is -1.35. The van der Waals surface area contributed by atoms with Crippen molar-refractivity contribution in [2.75, 3.05) is 33.0 Å². The van der Waals surface area contributed by atoms with Crippen LogP contribution >= 0.6 is 0 Å². The van der Waals surface area contributed by atoms with E-state index in [9.17, 15) is 15.3 Å². The second-order valence-electron chi connectivity index (χ2n) is 12.6. The number of rotatable bonds is 25. The summed E-state index contributed by atoms with van der Waals surface area (Å²) in [5.74, 6) is 0.910. The molecule has 244 valence electrons. The van der Waals surface area contributed by atoms with E-state index in [1.54, 1.807) is 0 Å². The van der Waals surface area contributed by atoms with Crippen molar-refractivity contribution >= 4 is 5.71 Å². The number of aliphatic imine (C=N–C) groups is 1. The normalized spacial score (nSPS) is 17.0. The van der Waals surface area contributed by atoms with Crippen LogP contribution in [0.1, 0.15) is 118 Å². The van der Waals surface area contributed by atoms with Crippen molar-refractivity contribution < 1.29 is 24.8 Å². The van der Waals surface area contributed by atoms with Crippen LogP contribution in [-0.4, -0.2) is 78.0 Å². The number of nitrogens with one attached hydrogen (secondary N) is 1. The fraction of sp³-hybridized carbons (Fsp3) is 0.800. The molecular weight excluding hydrogens is 528 g/mol. The molecule has 7 nitrogen and oxygen atoms in total. The summed E-state index contributed by atoms with van der Waals surface area (Å²) in [4.78, 5) is 4.74. The summed E-state index contributed by atoms with van der Waals surface area (Å²) in [5, 5.41) is 35.7. The van der Waals surface area contributed by atoms with E-state index in [-0.39, 0.29) is 25.7 Å². The van der Waals surface area contributed by atoms with Crippen LogP contribution in [0.15, 0.2) is 35.3 Å². The van der Waals surface area contributed by atoms with Crippen LogP contribution in [0.25, 0.3) is 0 Å². The zero-order valence-electron chi connectivity index (χ0n) is 27.9. The fourth-order valence-corrected chi connectivity index (χ4v) is 5.24. The molecule has 1 rings (SSSR count). The molecule has 0 aliphatic heterocycles. The second kappa shape index (κ2) is 22.2. The van der Waals surface area contributed by atoms with E-state index < -0.39 is 24.0 Å². The fourth-order valence-electron chi connectivity index (χ4n) is 5.24. The second-order valence-corrected chi connectivity index (χ2v) is 12.6. The largest absolute Gasteiger partial charge is 0.391 e. The first-order valence-corrected chi connectivity index (χ1v) is 16.6. The summed E-state index contributed by atoms with van der Waals surface area (Å²) in [6.45, 7) is 16.5. The van der Waals surface area contributed by atoms with Crippen LogP contribution in [0.4, 0.5) is 0 Å². The van der Waals surface area contributed by atoms with Crippen molar-refractivity contribution in [1.82, 2.24) is 5.32 Å². The third kappa shape index (κ3) is 15.9. The number of ether oxygens (including phenoxy) is 2. The lowest BCUT2D eigenvalue weighted by Crippen LogP contribution is -2.55. The number of aliphatic hydroxyl groups excluding tert-OH is 3. The Morgan fingerprint density at radius 2 is 1.38 bits per heavy atom. The van der Waals surface area contributed by atoms with Crippen LogP contribution in [0, 0.1) is 11.8 Å². The predicted octanol–water partition coefficient (Wildman–Crippen LogP) is 6.50. The van der Waals surface area contributed by atoms with Crippen LogP contribution in [0.3, 0.4) is 0 Å². The predicted molar refractivity (Wildman–Crippen MR) is 175 cm³/mol. The third-order valence-corrected chi connectivity index (χ3v) is 8.47. The van der Waals surface area contributed by atoms with E-state index in [1.807, 2.05) is 51.1 Å². The molecular formula is C35H64N2O5. The lowest BCUT2D eigenvalue weighted by molar-refractivity contribution is -0.0312. The SMILES string of the molecule is CCCCC(CC)COCC(O)CN=C(C)C(CC(O)C(C)(C)NC(O)COCC(CC)CCCC)c1ccccc1. The Labute approximate surface area is 257 Å². The lowest BCUT2D eigenvalue weighted by Gasteiger charge is -2.36. The van der Waals surface area contributed by atoms with Crippen molar-refractivity contribution in [1.29, 1.82) is 0 Å². The van der Waals surface area contributed by atoms with Gasteiger partial charge >= 0.3 is 0 Å². The summed E-state index contributed by atoms with van der Waals surface area (Å²) >= 11 is 0. The first-order chi connectivity index (χ1) is 20.1. The van der Waals surface area contributed by atoms with Crippen molar-refractivity contribution in [2.24, 2.45) is 16.8 Å². The minimum atomic E-state index is -0.882. The molecule has 1 aromatic rings. The number of unbranched alkanes of at least 4 members (excludes halogenated alkanes) is 2. The van der Waals surface area contributed by atoms with Gasteiger partial charge in [-0.2, -0.15) is 0 Å². The molecule has 0 spiro atoms. The number of hydrogen-bond donors (Lipinski definition) is 4. The number of hydrogen-bond acceptors (Lipinski definition) is 7. The molecule has 6 atom stereocenters. The number of benzene rings is 1. The van der Waals surface area contributed by atoms with Crippen molar-refractivity contribution in [2.45, 2.75) is 136 Å². The standard InChI is InChI=1S/C35H64N2O5/c1-8-12-17-28(10-3)23-41-25-31(38)22-36-27(5)32(30-19-15-14-16-20-30)21-33(39)35(6,7)37-34(40)26-42-24-29(11-4)18-13-9-2/h14-16,19-20,28-29,31-34,37-40H,8-13,17-18,21-26H2,1-7H3. The van der Waals surface area contributed by atoms with Gasteiger partial charge in [0, 0.05) is 30.4 Å². The zero-order chi connectivity index (χ0) is 31.4. The molecule has 0 aliphatic carbocycles. The first kappa shape index (κ1) is 38.7. The maximum Gasteiger partial charge on any atom is 0.129 e. The summed E-state index contributed by atoms with van der Waals surface area (Å²) in [7, 11) is 0. The molecule has 42 heavy (non-hydrogen) atoms. The molecule has 0 aromatic heterocycles. The monoisotopic (exact) mass is 592 g/mol. The van der Waals surface area contributed by atoms with Crippen LogP contribution in [0.5, 0.6) is 0 Å². The smallest absolute Gasteiger partial charge is 0.129 e. The minimum absolute atomic E-state index is 0.133. The Morgan fingerprint density at radius 1 is 0.833 bits per heavy atom. The van der Waals surface area contributed by atoms with Crippen molar-refractivity contribution in [3.05, 3.63) is 35.9 Å². The first-order valence-electron chi connectivity index (χ1n) is 16.6. The highest BCUT2D eigenvalue weighted by atomic mass is 16.5. The zero-order valence-corrected chi connectivity index (χ0v) is 27.9. The molecule has 0 amide bonds. The number of aliphatic hydroxyl groups is 3. The summed E-state index contributed by atoms with van der Waals surface area (Å²) in [6, 6.07) is 10.0. The van der Waals surface area contributed by atoms with Crippen molar-refractivity contribution in [3.63, 3.8) is 0 Å². The molecule has 6 unspecified atom stereocenters. The Balaban J connectivity index is 2.74. The van der Waals surface area contributed by atoms with Gasteiger partial charge in [0.05, 0.1) is 32.0 Å². The van der Waals surface area contributed by atoms with Gasteiger partial charge < -0.3 is 24.8 Å². The molecule has 4 N–H and O–H groups in total. The van der Waals surface area contributed by atoms with Crippen LogP contribution in [0.2, 0.25) is 0 Å². The summed E-state index contributed by atoms with van der Waals surface area (Å²) in [6.07, 6.45) is 7.32. The maximum atomic E-state index is 11.3. The van der Waals surface area contributed by atoms with Gasteiger partial charge in [-0.3, -0.25) is 10.3 Å². The Morgan fingerprint density at radius 3 is 1.90 bits per heavy atom. The molecule has 0 saturated heterocycles. The van der Waals surface area contributed by atoms with E-state index in [1.165, 1.54) is 25.7 Å². The molecule has 0 aliphatic rings. The van der Waals surface area contributed by atoms with Crippen LogP contribution in [-0.2, 0) is 9.47 Å². The van der Waals surface area contributed by atoms with E-state index in [0.29, 0.717) is 31.5 Å². The van der Waals surface area contributed by atoms with Gasteiger partial charge in [0.2, 0.25) is 0 Å². The maximum absolute atomic E-state index is 11.3. The number of nitrogens with zero attached hydrogens (tertiary/aromatic N) is 1. The molecule has 1 aromatic carbocycles. The van der Waals surface area contributed by atoms with Gasteiger partial charge in [-0.1, -0.05) is 96.6 Å². The van der Waals surface area contributed by atoms with E-state index in [0.717, 1.165) is 37.0 Å². The molecule has 0 saturated carbocycles. The van der Waals surface area contributed by atoms with Crippen LogP contribution < -0.4 is 5.32 Å². The third-order valence-electron chi connectivity index (χ3n) is 8.47. The highest BCUT2D eigenvalue weighted by Gasteiger charge is 2.33. The topological polar surface area (TPSA) is 104 Å². The van der Waals surface area contributed by atoms with Gasteiger partial charge in [0.1, 0.15) is 6.23 Å². The van der Waals surface area contributed by atoms with Gasteiger partial charge in [0.15, 0.2) is 0 Å². The Bertz CT molecular complexity index is 819. The van der Waals surface area contributed by atoms with E-state index in [4.69, 9.17) is 14.5 Å². The molecule has 7 heteroatoms. The molecule has 0 radical (unpaired) electrons. The average Bonchev–Trinajstić information content (AvgIpc) is 2.98. The summed E-state index contributed by atoms with van der Waals surface area (Å²) < 4.78 is 11.7. The average molecular weight is 593 g/mol. The van der Waals surface area contributed by atoms with Gasteiger partial charge in [-0.25, -0.2) is 0 Å². The Kier molecular flexibility index (Phi) is 20.4. The molecule has 0 fully saturated rings. The van der Waals surface area contributed by atoms with Gasteiger partial charge in [0.25, 0.3) is 0 Å². The van der Waals surface area contributed by atoms with E-state index in [2.05, 4.69) is 33.0 Å². The molecule has 0 heterocycles. The van der Waals surface area contributed by atoms with Crippen molar-refractivity contribution in [3.8, 4) is 0 Å². The molecule has 0 bridgehead atoms. The summed E-state index contributed by atoms with van der Waals surface area (Å²) in [5.41, 5.74) is 1.15. The van der Waals surface area contributed by atoms with E-state index >= 15 is 0 Å². The lowest BCUT2D eigenvalue weighted by atomic mass is 9.83. The minimum Gasteiger partial charge on any atom is -0.391 e. The highest BCUT2D eigenvalue weighted by molar-refractivity contribution is 5.88. The van der Waals surface area contributed by atoms with Gasteiger partial charge in [-0.05, 0) is 57.4 Å². The quantitative estimate of drug-likeness (QED) is 0.0764.